The fraction of sp³-hybridized carbons (Fsp3) is 0.833. The van der Waals surface area contributed by atoms with Crippen molar-refractivity contribution < 1.29 is 9.59 Å². The van der Waals surface area contributed by atoms with Crippen LogP contribution in [0.3, 0.4) is 0 Å². The molecule has 2 atom stereocenters. The van der Waals surface area contributed by atoms with E-state index in [-0.39, 0.29) is 23.9 Å². The number of carbonyl (C=O) groups is 2. The molecular weight excluding hydrogens is 204 g/mol. The first-order valence-corrected chi connectivity index (χ1v) is 6.25. The Morgan fingerprint density at radius 3 is 2.81 bits per heavy atom. The molecule has 4 heteroatoms. The summed E-state index contributed by atoms with van der Waals surface area (Å²) < 4.78 is 0. The Hall–Kier alpha value is -1.06. The van der Waals surface area contributed by atoms with Gasteiger partial charge in [-0.25, -0.2) is 0 Å². The molecule has 1 saturated heterocycles. The van der Waals surface area contributed by atoms with E-state index in [1.54, 1.807) is 0 Å². The lowest BCUT2D eigenvalue weighted by Gasteiger charge is -2.16. The van der Waals surface area contributed by atoms with Gasteiger partial charge in [-0.2, -0.15) is 0 Å². The smallest absolute Gasteiger partial charge is 0.242 e. The molecule has 1 aliphatic heterocycles. The Labute approximate surface area is 96.2 Å². The van der Waals surface area contributed by atoms with Gasteiger partial charge in [-0.1, -0.05) is 12.8 Å². The van der Waals surface area contributed by atoms with Crippen LogP contribution in [0.5, 0.6) is 0 Å². The van der Waals surface area contributed by atoms with E-state index >= 15 is 0 Å². The highest BCUT2D eigenvalue weighted by molar-refractivity contribution is 5.90. The third-order valence-corrected chi connectivity index (χ3v) is 3.41. The van der Waals surface area contributed by atoms with Crippen LogP contribution in [0, 0.1) is 5.92 Å². The Bertz CT molecular complexity index is 287. The van der Waals surface area contributed by atoms with E-state index < -0.39 is 0 Å². The Balaban J connectivity index is 1.66. The lowest BCUT2D eigenvalue weighted by Crippen LogP contribution is -2.45. The van der Waals surface area contributed by atoms with Crippen molar-refractivity contribution in [3.05, 3.63) is 0 Å². The van der Waals surface area contributed by atoms with Gasteiger partial charge in [0.05, 0.1) is 0 Å². The summed E-state index contributed by atoms with van der Waals surface area (Å²) in [6.45, 7) is 2.04. The van der Waals surface area contributed by atoms with Crippen LogP contribution in [0.4, 0.5) is 0 Å². The van der Waals surface area contributed by atoms with Crippen molar-refractivity contribution >= 4 is 11.8 Å². The predicted molar refractivity (Wildman–Crippen MR) is 60.7 cm³/mol. The maximum absolute atomic E-state index is 11.7. The van der Waals surface area contributed by atoms with E-state index in [2.05, 4.69) is 10.6 Å². The molecule has 0 radical (unpaired) electrons. The molecule has 16 heavy (non-hydrogen) atoms. The number of amides is 2. The third kappa shape index (κ3) is 3.22. The molecule has 2 N–H and O–H groups in total. The van der Waals surface area contributed by atoms with Crippen LogP contribution >= 0.6 is 0 Å². The van der Waals surface area contributed by atoms with Gasteiger partial charge in [0.1, 0.15) is 6.04 Å². The van der Waals surface area contributed by atoms with Crippen LogP contribution < -0.4 is 10.6 Å². The molecule has 4 nitrogen and oxygen atoms in total. The fourth-order valence-corrected chi connectivity index (χ4v) is 2.12. The Kier molecular flexibility index (Phi) is 3.46. The minimum Gasteiger partial charge on any atom is -0.352 e. The molecular formula is C12H20N2O2. The molecule has 1 saturated carbocycles. The summed E-state index contributed by atoms with van der Waals surface area (Å²) in [5.41, 5.74) is 0. The second kappa shape index (κ2) is 4.85. The van der Waals surface area contributed by atoms with Crippen LogP contribution in [0.2, 0.25) is 0 Å². The molecule has 2 amide bonds. The third-order valence-electron chi connectivity index (χ3n) is 3.41. The first-order chi connectivity index (χ1) is 7.65. The zero-order valence-electron chi connectivity index (χ0n) is 9.79. The van der Waals surface area contributed by atoms with Gasteiger partial charge in [-0.05, 0) is 32.1 Å². The predicted octanol–water partition coefficient (Wildman–Crippen LogP) is 0.960. The Morgan fingerprint density at radius 1 is 1.50 bits per heavy atom. The van der Waals surface area contributed by atoms with Crippen LogP contribution in [0.1, 0.15) is 45.4 Å². The van der Waals surface area contributed by atoms with Crippen molar-refractivity contribution in [2.24, 2.45) is 5.92 Å². The van der Waals surface area contributed by atoms with Crippen molar-refractivity contribution in [2.75, 3.05) is 0 Å². The highest BCUT2D eigenvalue weighted by Gasteiger charge is 2.28. The number of carbonyl (C=O) groups excluding carboxylic acids is 2. The van der Waals surface area contributed by atoms with Gasteiger partial charge in [0, 0.05) is 12.5 Å². The molecule has 1 unspecified atom stereocenters. The standard InChI is InChI=1S/C12H20N2O2/c1-8(2-3-9-4-5-9)13-12(16)10-6-7-11(15)14-10/h8-10H,2-7H2,1H3,(H,13,16)(H,14,15)/t8?,10-/m1/s1. The normalized spacial score (nSPS) is 26.3. The van der Waals surface area contributed by atoms with Gasteiger partial charge in [0.15, 0.2) is 0 Å². The van der Waals surface area contributed by atoms with Crippen molar-refractivity contribution in [3.8, 4) is 0 Å². The zero-order valence-corrected chi connectivity index (χ0v) is 9.79. The van der Waals surface area contributed by atoms with E-state index in [9.17, 15) is 9.59 Å². The maximum Gasteiger partial charge on any atom is 0.242 e. The number of hydrogen-bond acceptors (Lipinski definition) is 2. The highest BCUT2D eigenvalue weighted by atomic mass is 16.2. The van der Waals surface area contributed by atoms with Crippen LogP contribution in [0.25, 0.3) is 0 Å². The van der Waals surface area contributed by atoms with E-state index in [0.29, 0.717) is 12.8 Å². The summed E-state index contributed by atoms with van der Waals surface area (Å²) in [6.07, 6.45) is 6.11. The molecule has 2 aliphatic rings. The van der Waals surface area contributed by atoms with Crippen molar-refractivity contribution in [1.29, 1.82) is 0 Å². The van der Waals surface area contributed by atoms with Gasteiger partial charge in [-0.15, -0.1) is 0 Å². The summed E-state index contributed by atoms with van der Waals surface area (Å²) in [5.74, 6) is 0.880. The summed E-state index contributed by atoms with van der Waals surface area (Å²) in [5, 5.41) is 5.66. The number of rotatable bonds is 5. The summed E-state index contributed by atoms with van der Waals surface area (Å²) in [7, 11) is 0. The molecule has 2 fully saturated rings. The monoisotopic (exact) mass is 224 g/mol. The molecule has 0 aromatic heterocycles. The zero-order chi connectivity index (χ0) is 11.5. The van der Waals surface area contributed by atoms with Gasteiger partial charge in [0.2, 0.25) is 11.8 Å². The minimum absolute atomic E-state index is 0.00853. The van der Waals surface area contributed by atoms with Crippen LogP contribution in [0.15, 0.2) is 0 Å². The highest BCUT2D eigenvalue weighted by Crippen LogP contribution is 2.33. The molecule has 90 valence electrons. The van der Waals surface area contributed by atoms with Crippen molar-refractivity contribution in [3.63, 3.8) is 0 Å². The largest absolute Gasteiger partial charge is 0.352 e. The Morgan fingerprint density at radius 2 is 2.25 bits per heavy atom. The molecule has 0 aromatic rings. The van der Waals surface area contributed by atoms with E-state index in [1.807, 2.05) is 6.92 Å². The molecule has 0 aromatic carbocycles. The second-order valence-electron chi connectivity index (χ2n) is 5.09. The summed E-state index contributed by atoms with van der Waals surface area (Å²) in [4.78, 5) is 22.7. The lowest BCUT2D eigenvalue weighted by atomic mass is 10.1. The van der Waals surface area contributed by atoms with Crippen molar-refractivity contribution in [1.82, 2.24) is 10.6 Å². The summed E-state index contributed by atoms with van der Waals surface area (Å²) >= 11 is 0. The average molecular weight is 224 g/mol. The second-order valence-corrected chi connectivity index (χ2v) is 5.09. The average Bonchev–Trinajstić information content (AvgIpc) is 2.97. The van der Waals surface area contributed by atoms with Gasteiger partial charge < -0.3 is 10.6 Å². The van der Waals surface area contributed by atoms with Crippen LogP contribution in [-0.4, -0.2) is 23.9 Å². The van der Waals surface area contributed by atoms with Crippen LogP contribution in [-0.2, 0) is 9.59 Å². The number of hydrogen-bond donors (Lipinski definition) is 2. The fourth-order valence-electron chi connectivity index (χ4n) is 2.12. The van der Waals surface area contributed by atoms with E-state index in [1.165, 1.54) is 19.3 Å². The van der Waals surface area contributed by atoms with Crippen molar-refractivity contribution in [2.45, 2.75) is 57.5 Å². The number of nitrogens with one attached hydrogen (secondary N) is 2. The molecule has 2 rings (SSSR count). The van der Waals surface area contributed by atoms with E-state index in [4.69, 9.17) is 0 Å². The van der Waals surface area contributed by atoms with Gasteiger partial charge in [0.25, 0.3) is 0 Å². The molecule has 0 spiro atoms. The first-order valence-electron chi connectivity index (χ1n) is 6.25. The van der Waals surface area contributed by atoms with Gasteiger partial charge >= 0.3 is 0 Å². The topological polar surface area (TPSA) is 58.2 Å². The maximum atomic E-state index is 11.7. The van der Waals surface area contributed by atoms with Gasteiger partial charge in [-0.3, -0.25) is 9.59 Å². The lowest BCUT2D eigenvalue weighted by molar-refractivity contribution is -0.126. The summed E-state index contributed by atoms with van der Waals surface area (Å²) in [6, 6.07) is -0.0681. The van der Waals surface area contributed by atoms with E-state index in [0.717, 1.165) is 12.3 Å². The minimum atomic E-state index is -0.295. The SMILES string of the molecule is CC(CCC1CC1)NC(=O)[C@H]1CCC(=O)N1. The first kappa shape index (κ1) is 11.4. The molecule has 1 heterocycles. The quantitative estimate of drug-likeness (QED) is 0.730. The molecule has 0 bridgehead atoms. The molecule has 1 aliphatic carbocycles.